The number of nitrogens with zero attached hydrogens (tertiary/aromatic N) is 2. The first kappa shape index (κ1) is 24.4. The van der Waals surface area contributed by atoms with E-state index in [2.05, 4.69) is 167 Å². The van der Waals surface area contributed by atoms with Crippen LogP contribution in [0.1, 0.15) is 0 Å². The SMILES string of the molecule is c1cc(-c2ccc(-n3c4ccccc4c4ccccc43)cc2)cc(-c2cccc3c2-n2c4ccccc4c4cccc(c42)O3)c1. The second-order valence-electron chi connectivity index (χ2n) is 11.8. The van der Waals surface area contributed by atoms with E-state index in [-0.39, 0.29) is 0 Å². The number of aromatic nitrogens is 2. The lowest BCUT2D eigenvalue weighted by molar-refractivity contribution is 0.477. The van der Waals surface area contributed by atoms with E-state index in [4.69, 9.17) is 4.74 Å². The van der Waals surface area contributed by atoms with Crippen molar-refractivity contribution in [1.29, 1.82) is 0 Å². The van der Waals surface area contributed by atoms with Crippen molar-refractivity contribution in [3.05, 3.63) is 158 Å². The van der Waals surface area contributed by atoms with Crippen molar-refractivity contribution in [3.8, 4) is 45.1 Å². The Morgan fingerprint density at radius 1 is 0.378 bits per heavy atom. The second kappa shape index (κ2) is 9.22. The number of para-hydroxylation sites is 5. The van der Waals surface area contributed by atoms with E-state index in [0.29, 0.717) is 0 Å². The van der Waals surface area contributed by atoms with Gasteiger partial charge in [-0.15, -0.1) is 0 Å². The predicted molar refractivity (Wildman–Crippen MR) is 186 cm³/mol. The van der Waals surface area contributed by atoms with Crippen LogP contribution in [0.15, 0.2) is 158 Å². The molecule has 0 aliphatic carbocycles. The highest BCUT2D eigenvalue weighted by molar-refractivity contribution is 6.13. The van der Waals surface area contributed by atoms with E-state index < -0.39 is 0 Å². The second-order valence-corrected chi connectivity index (χ2v) is 11.8. The van der Waals surface area contributed by atoms with Crippen molar-refractivity contribution in [2.75, 3.05) is 0 Å². The Bertz CT molecular complexity index is 2570. The van der Waals surface area contributed by atoms with Crippen LogP contribution in [0.4, 0.5) is 0 Å². The molecule has 0 saturated carbocycles. The van der Waals surface area contributed by atoms with Crippen LogP contribution in [0.25, 0.3) is 77.2 Å². The first-order valence-electron chi connectivity index (χ1n) is 15.4. The minimum Gasteiger partial charge on any atom is -0.453 e. The van der Waals surface area contributed by atoms with Crippen molar-refractivity contribution in [1.82, 2.24) is 9.13 Å². The molecule has 0 bridgehead atoms. The molecule has 2 aromatic heterocycles. The average molecular weight is 575 g/mol. The van der Waals surface area contributed by atoms with Crippen LogP contribution in [0.3, 0.4) is 0 Å². The van der Waals surface area contributed by atoms with Crippen molar-refractivity contribution in [2.45, 2.75) is 0 Å². The number of hydrogen-bond donors (Lipinski definition) is 0. The molecule has 1 aliphatic heterocycles. The summed E-state index contributed by atoms with van der Waals surface area (Å²) in [6.45, 7) is 0. The maximum atomic E-state index is 6.54. The Kier molecular flexibility index (Phi) is 5.00. The molecule has 3 heteroatoms. The molecule has 0 fully saturated rings. The smallest absolute Gasteiger partial charge is 0.152 e. The molecule has 7 aromatic carbocycles. The minimum atomic E-state index is 0.870. The minimum absolute atomic E-state index is 0.870. The molecular formula is C42H26N2O. The quantitative estimate of drug-likeness (QED) is 0.205. The Hall–Kier alpha value is -6.06. The van der Waals surface area contributed by atoms with Gasteiger partial charge in [0.1, 0.15) is 0 Å². The molecular weight excluding hydrogens is 548 g/mol. The van der Waals surface area contributed by atoms with E-state index >= 15 is 0 Å². The lowest BCUT2D eigenvalue weighted by Crippen LogP contribution is -2.06. The van der Waals surface area contributed by atoms with E-state index in [1.165, 1.54) is 49.2 Å². The number of ether oxygens (including phenoxy) is 1. The summed E-state index contributed by atoms with van der Waals surface area (Å²) in [5, 5.41) is 4.99. The molecule has 45 heavy (non-hydrogen) atoms. The van der Waals surface area contributed by atoms with Gasteiger partial charge in [0.25, 0.3) is 0 Å². The van der Waals surface area contributed by atoms with Gasteiger partial charge in [-0.1, -0.05) is 109 Å². The van der Waals surface area contributed by atoms with Crippen LogP contribution in [0.5, 0.6) is 11.5 Å². The first-order valence-corrected chi connectivity index (χ1v) is 15.4. The lowest BCUT2D eigenvalue weighted by Gasteiger charge is -2.24. The van der Waals surface area contributed by atoms with Crippen molar-refractivity contribution in [3.63, 3.8) is 0 Å². The summed E-state index contributed by atoms with van der Waals surface area (Å²) in [7, 11) is 0. The van der Waals surface area contributed by atoms with Gasteiger partial charge in [0.15, 0.2) is 11.5 Å². The lowest BCUT2D eigenvalue weighted by atomic mass is 9.97. The maximum absolute atomic E-state index is 6.54. The maximum Gasteiger partial charge on any atom is 0.152 e. The summed E-state index contributed by atoms with van der Waals surface area (Å²) in [4.78, 5) is 0. The van der Waals surface area contributed by atoms with E-state index in [9.17, 15) is 0 Å². The van der Waals surface area contributed by atoms with Crippen molar-refractivity contribution >= 4 is 43.6 Å². The molecule has 3 heterocycles. The number of rotatable bonds is 3. The summed E-state index contributed by atoms with van der Waals surface area (Å²) in [5.74, 6) is 1.76. The highest BCUT2D eigenvalue weighted by Gasteiger charge is 2.26. The molecule has 0 radical (unpaired) electrons. The van der Waals surface area contributed by atoms with Gasteiger partial charge < -0.3 is 13.9 Å². The average Bonchev–Trinajstić information content (AvgIpc) is 3.63. The normalized spacial score (nSPS) is 12.2. The molecule has 0 spiro atoms. The largest absolute Gasteiger partial charge is 0.453 e. The van der Waals surface area contributed by atoms with Crippen molar-refractivity contribution < 1.29 is 4.74 Å². The molecule has 210 valence electrons. The van der Waals surface area contributed by atoms with Crippen LogP contribution in [-0.4, -0.2) is 9.13 Å². The number of fused-ring (bicyclic) bond motifs is 8. The molecule has 0 saturated heterocycles. The highest BCUT2D eigenvalue weighted by Crippen LogP contribution is 2.48. The molecule has 9 aromatic rings. The van der Waals surface area contributed by atoms with Crippen LogP contribution in [0.2, 0.25) is 0 Å². The van der Waals surface area contributed by atoms with Gasteiger partial charge in [-0.3, -0.25) is 0 Å². The van der Waals surface area contributed by atoms with Gasteiger partial charge in [-0.05, 0) is 65.2 Å². The summed E-state index contributed by atoms with van der Waals surface area (Å²) in [6.07, 6.45) is 0. The summed E-state index contributed by atoms with van der Waals surface area (Å²) in [5.41, 5.74) is 11.7. The fraction of sp³-hybridized carbons (Fsp3) is 0. The third-order valence-electron chi connectivity index (χ3n) is 9.31. The molecule has 0 amide bonds. The van der Waals surface area contributed by atoms with Gasteiger partial charge >= 0.3 is 0 Å². The summed E-state index contributed by atoms with van der Waals surface area (Å²) in [6, 6.07) is 56.5. The Labute approximate surface area is 259 Å². The molecule has 0 N–H and O–H groups in total. The Balaban J connectivity index is 1.11. The first-order chi connectivity index (χ1) is 22.3. The van der Waals surface area contributed by atoms with Gasteiger partial charge in [0.05, 0.1) is 27.8 Å². The van der Waals surface area contributed by atoms with Crippen molar-refractivity contribution in [2.24, 2.45) is 0 Å². The fourth-order valence-corrected chi connectivity index (χ4v) is 7.36. The zero-order valence-electron chi connectivity index (χ0n) is 24.3. The van der Waals surface area contributed by atoms with E-state index in [0.717, 1.165) is 39.5 Å². The van der Waals surface area contributed by atoms with E-state index in [1.807, 2.05) is 0 Å². The summed E-state index contributed by atoms with van der Waals surface area (Å²) >= 11 is 0. The monoisotopic (exact) mass is 574 g/mol. The Morgan fingerprint density at radius 3 is 1.67 bits per heavy atom. The summed E-state index contributed by atoms with van der Waals surface area (Å²) < 4.78 is 11.3. The zero-order valence-corrected chi connectivity index (χ0v) is 24.3. The topological polar surface area (TPSA) is 19.1 Å². The number of hydrogen-bond acceptors (Lipinski definition) is 1. The molecule has 1 aliphatic rings. The van der Waals surface area contributed by atoms with Crippen LogP contribution < -0.4 is 4.74 Å². The number of benzene rings is 7. The third kappa shape index (κ3) is 3.46. The fourth-order valence-electron chi connectivity index (χ4n) is 7.36. The predicted octanol–water partition coefficient (Wildman–Crippen LogP) is 11.3. The van der Waals surface area contributed by atoms with E-state index in [1.54, 1.807) is 0 Å². The molecule has 0 atom stereocenters. The van der Waals surface area contributed by atoms with Crippen LogP contribution in [-0.2, 0) is 0 Å². The Morgan fingerprint density at radius 2 is 0.933 bits per heavy atom. The third-order valence-corrected chi connectivity index (χ3v) is 9.31. The van der Waals surface area contributed by atoms with Crippen LogP contribution >= 0.6 is 0 Å². The van der Waals surface area contributed by atoms with Gasteiger partial charge in [0.2, 0.25) is 0 Å². The van der Waals surface area contributed by atoms with Crippen LogP contribution in [0, 0.1) is 0 Å². The van der Waals surface area contributed by atoms with Gasteiger partial charge in [-0.2, -0.15) is 0 Å². The standard InChI is InChI=1S/C42H26N2O/c1-4-17-36-32(12-1)33-13-2-5-18-37(33)43(36)30-24-22-27(23-25-30)28-10-7-11-29(26-28)31-15-8-20-39-41(31)44-38-19-6-3-14-34(38)35-16-9-21-40(45-39)42(35)44/h1-26H. The molecule has 10 rings (SSSR count). The molecule has 0 unspecified atom stereocenters. The van der Waals surface area contributed by atoms with Gasteiger partial charge in [-0.25, -0.2) is 0 Å². The molecule has 3 nitrogen and oxygen atoms in total. The zero-order chi connectivity index (χ0) is 29.5. The highest BCUT2D eigenvalue weighted by atomic mass is 16.5. The van der Waals surface area contributed by atoms with Gasteiger partial charge in [0, 0.05) is 32.8 Å².